The quantitative estimate of drug-likeness (QED) is 0.282. The zero-order chi connectivity index (χ0) is 23.5. The Kier molecular flexibility index (Phi) is 5.74. The maximum atomic E-state index is 3.88. The molecule has 5 aromatic rings. The van der Waals surface area contributed by atoms with Gasteiger partial charge >= 0.3 is 0 Å². The highest BCUT2D eigenvalue weighted by molar-refractivity contribution is 5.91. The van der Waals surface area contributed by atoms with Crippen LogP contribution in [0.3, 0.4) is 0 Å². The summed E-state index contributed by atoms with van der Waals surface area (Å²) in [5, 5.41) is 6.41. The van der Waals surface area contributed by atoms with Gasteiger partial charge in [0.25, 0.3) is 0 Å². The molecule has 0 amide bonds. The van der Waals surface area contributed by atoms with Crippen LogP contribution in [0.5, 0.6) is 0 Å². The minimum Gasteiger partial charge on any atom is -0.377 e. The number of fused-ring (bicyclic) bond motifs is 2. The van der Waals surface area contributed by atoms with Crippen molar-refractivity contribution in [2.45, 2.75) is 6.04 Å². The number of nitrogens with one attached hydrogen (secondary N) is 1. The van der Waals surface area contributed by atoms with Gasteiger partial charge in [0.05, 0.1) is 6.04 Å². The van der Waals surface area contributed by atoms with Crippen LogP contribution >= 0.6 is 0 Å². The van der Waals surface area contributed by atoms with Gasteiger partial charge in [-0.05, 0) is 56.8 Å². The molecular formula is C34H27N. The molecule has 1 N–H and O–H groups in total. The molecule has 0 aliphatic heterocycles. The van der Waals surface area contributed by atoms with Gasteiger partial charge in [-0.15, -0.1) is 0 Å². The molecule has 0 bridgehead atoms. The largest absolute Gasteiger partial charge is 0.377 e. The summed E-state index contributed by atoms with van der Waals surface area (Å²) >= 11 is 0. The van der Waals surface area contributed by atoms with Crippen molar-refractivity contribution in [3.05, 3.63) is 156 Å². The van der Waals surface area contributed by atoms with E-state index in [1.54, 1.807) is 0 Å². The molecule has 0 aromatic heterocycles. The van der Waals surface area contributed by atoms with Gasteiger partial charge < -0.3 is 5.32 Å². The number of benzene rings is 5. The van der Waals surface area contributed by atoms with Gasteiger partial charge in [-0.1, -0.05) is 127 Å². The van der Waals surface area contributed by atoms with Crippen LogP contribution in [0.2, 0.25) is 0 Å². The molecule has 1 aliphatic carbocycles. The van der Waals surface area contributed by atoms with Gasteiger partial charge in [0.15, 0.2) is 0 Å². The third kappa shape index (κ3) is 4.41. The summed E-state index contributed by atoms with van der Waals surface area (Å²) in [7, 11) is 0. The average Bonchev–Trinajstić information content (AvgIpc) is 2.93. The molecule has 6 rings (SSSR count). The highest BCUT2D eigenvalue weighted by Crippen LogP contribution is 2.43. The Morgan fingerprint density at radius 3 is 2.14 bits per heavy atom. The van der Waals surface area contributed by atoms with Crippen molar-refractivity contribution in [3.8, 4) is 0 Å². The molecule has 2 unspecified atom stereocenters. The van der Waals surface area contributed by atoms with E-state index < -0.39 is 0 Å². The first-order valence-electron chi connectivity index (χ1n) is 12.2. The average molecular weight is 450 g/mol. The first-order chi connectivity index (χ1) is 17.3. The lowest BCUT2D eigenvalue weighted by molar-refractivity contribution is 0.679. The third-order valence-electron chi connectivity index (χ3n) is 6.82. The predicted octanol–water partition coefficient (Wildman–Crippen LogP) is 8.88. The van der Waals surface area contributed by atoms with Crippen LogP contribution in [0.25, 0.3) is 28.5 Å². The fourth-order valence-electron chi connectivity index (χ4n) is 5.08. The maximum Gasteiger partial charge on any atom is 0.0617 e. The molecular weight excluding hydrogens is 422 g/mol. The SMILES string of the molecule is C1=CC(C(Nc2ccccc2)c2ccc3ccccc3c2)C(=Cc2ccccc2)c2ccccc21. The van der Waals surface area contributed by atoms with Crippen LogP contribution in [-0.2, 0) is 0 Å². The predicted molar refractivity (Wildman–Crippen MR) is 150 cm³/mol. The molecule has 0 saturated carbocycles. The van der Waals surface area contributed by atoms with Gasteiger partial charge in [-0.3, -0.25) is 0 Å². The lowest BCUT2D eigenvalue weighted by atomic mass is 9.77. The van der Waals surface area contributed by atoms with Crippen molar-refractivity contribution < 1.29 is 0 Å². The second-order valence-corrected chi connectivity index (χ2v) is 9.08. The number of anilines is 1. The van der Waals surface area contributed by atoms with Crippen molar-refractivity contribution >= 4 is 34.2 Å². The topological polar surface area (TPSA) is 12.0 Å². The lowest BCUT2D eigenvalue weighted by Crippen LogP contribution is -2.22. The van der Waals surface area contributed by atoms with Crippen molar-refractivity contribution in [3.63, 3.8) is 0 Å². The molecule has 168 valence electrons. The Labute approximate surface area is 207 Å². The van der Waals surface area contributed by atoms with Gasteiger partial charge in [-0.2, -0.15) is 0 Å². The maximum absolute atomic E-state index is 3.88. The molecule has 0 heterocycles. The summed E-state index contributed by atoms with van der Waals surface area (Å²) in [6, 6.07) is 45.4. The second kappa shape index (κ2) is 9.48. The molecule has 5 aromatic carbocycles. The van der Waals surface area contributed by atoms with E-state index in [0.717, 1.165) is 5.69 Å². The molecule has 0 fully saturated rings. The van der Waals surface area contributed by atoms with Crippen molar-refractivity contribution in [2.75, 3.05) is 5.32 Å². The Morgan fingerprint density at radius 2 is 1.31 bits per heavy atom. The molecule has 1 nitrogen and oxygen atoms in total. The van der Waals surface area contributed by atoms with Crippen molar-refractivity contribution in [2.24, 2.45) is 5.92 Å². The van der Waals surface area contributed by atoms with E-state index in [0.29, 0.717) is 0 Å². The van der Waals surface area contributed by atoms with E-state index in [1.807, 2.05) is 0 Å². The van der Waals surface area contributed by atoms with Gasteiger partial charge in [0.2, 0.25) is 0 Å². The minimum absolute atomic E-state index is 0.0709. The third-order valence-corrected chi connectivity index (χ3v) is 6.82. The van der Waals surface area contributed by atoms with E-state index in [2.05, 4.69) is 151 Å². The summed E-state index contributed by atoms with van der Waals surface area (Å²) in [4.78, 5) is 0. The molecule has 0 saturated heterocycles. The fraction of sp³-hybridized carbons (Fsp3) is 0.0588. The number of hydrogen-bond donors (Lipinski definition) is 1. The summed E-state index contributed by atoms with van der Waals surface area (Å²) in [6.45, 7) is 0. The van der Waals surface area contributed by atoms with Crippen LogP contribution in [0.1, 0.15) is 28.3 Å². The van der Waals surface area contributed by atoms with Crippen LogP contribution < -0.4 is 5.32 Å². The standard InChI is InChI=1S/C34H27N/c1-3-11-25(12-4-1)23-33-31-18-10-9-14-27(31)21-22-32(33)34(35-30-16-5-2-6-17-30)29-20-19-26-13-7-8-15-28(26)24-29/h1-24,32,34-35H. The van der Waals surface area contributed by atoms with E-state index in [4.69, 9.17) is 0 Å². The molecule has 0 spiro atoms. The molecule has 1 heteroatoms. The van der Waals surface area contributed by atoms with Gasteiger partial charge in [0.1, 0.15) is 0 Å². The summed E-state index contributed by atoms with van der Waals surface area (Å²) < 4.78 is 0. The van der Waals surface area contributed by atoms with E-state index >= 15 is 0 Å². The molecule has 0 radical (unpaired) electrons. The van der Waals surface area contributed by atoms with E-state index in [9.17, 15) is 0 Å². The lowest BCUT2D eigenvalue weighted by Gasteiger charge is -2.33. The Bertz CT molecular complexity index is 1510. The minimum atomic E-state index is 0.0709. The smallest absolute Gasteiger partial charge is 0.0617 e. The van der Waals surface area contributed by atoms with Crippen LogP contribution in [0.15, 0.2) is 133 Å². The first-order valence-corrected chi connectivity index (χ1v) is 12.2. The zero-order valence-electron chi connectivity index (χ0n) is 19.5. The fourth-order valence-corrected chi connectivity index (χ4v) is 5.08. The number of para-hydroxylation sites is 1. The highest BCUT2D eigenvalue weighted by Gasteiger charge is 2.29. The van der Waals surface area contributed by atoms with Gasteiger partial charge in [-0.25, -0.2) is 0 Å². The van der Waals surface area contributed by atoms with E-state index in [1.165, 1.54) is 38.6 Å². The molecule has 35 heavy (non-hydrogen) atoms. The second-order valence-electron chi connectivity index (χ2n) is 9.08. The number of hydrogen-bond acceptors (Lipinski definition) is 1. The monoisotopic (exact) mass is 449 g/mol. The first kappa shape index (κ1) is 21.2. The zero-order valence-corrected chi connectivity index (χ0v) is 19.5. The normalized spacial score (nSPS) is 16.7. The summed E-state index contributed by atoms with van der Waals surface area (Å²) in [6.07, 6.45) is 7.00. The summed E-state index contributed by atoms with van der Waals surface area (Å²) in [5.74, 6) is 0.159. The summed E-state index contributed by atoms with van der Waals surface area (Å²) in [5.41, 5.74) is 7.51. The van der Waals surface area contributed by atoms with Crippen molar-refractivity contribution in [1.29, 1.82) is 0 Å². The van der Waals surface area contributed by atoms with Crippen molar-refractivity contribution in [1.82, 2.24) is 0 Å². The van der Waals surface area contributed by atoms with Crippen LogP contribution in [-0.4, -0.2) is 0 Å². The Balaban J connectivity index is 1.52. The van der Waals surface area contributed by atoms with Crippen LogP contribution in [0, 0.1) is 5.92 Å². The number of rotatable bonds is 5. The van der Waals surface area contributed by atoms with Gasteiger partial charge in [0, 0.05) is 11.6 Å². The Morgan fingerprint density at radius 1 is 0.629 bits per heavy atom. The molecule has 2 atom stereocenters. The van der Waals surface area contributed by atoms with E-state index in [-0.39, 0.29) is 12.0 Å². The highest BCUT2D eigenvalue weighted by atomic mass is 14.9. The van der Waals surface area contributed by atoms with Crippen LogP contribution in [0.4, 0.5) is 5.69 Å². The molecule has 1 aliphatic rings. The Hall–Kier alpha value is -4.36.